The number of nitrogens with zero attached hydrogens (tertiary/aromatic N) is 1. The average Bonchev–Trinajstić information content (AvgIpc) is 2.60. The molecular weight excluding hydrogens is 264 g/mol. The molecule has 0 saturated carbocycles. The van der Waals surface area contributed by atoms with Crippen molar-refractivity contribution in [3.63, 3.8) is 0 Å². The Bertz CT molecular complexity index is 559. The van der Waals surface area contributed by atoms with Crippen molar-refractivity contribution in [3.05, 3.63) is 29.7 Å². The lowest BCUT2D eigenvalue weighted by Gasteiger charge is -2.24. The highest BCUT2D eigenvalue weighted by Gasteiger charge is 2.32. The Kier molecular flexibility index (Phi) is 4.95. The van der Waals surface area contributed by atoms with Crippen molar-refractivity contribution in [3.8, 4) is 0 Å². The number of nitrogens with two attached hydrogens (primary N) is 1. The third-order valence-corrected chi connectivity index (χ3v) is 5.22. The van der Waals surface area contributed by atoms with Gasteiger partial charge in [0.1, 0.15) is 16.4 Å². The first-order chi connectivity index (χ1) is 8.77. The summed E-state index contributed by atoms with van der Waals surface area (Å²) in [7, 11) is -3.63. The number of furan rings is 1. The SMILES string of the molecule is C=CCN(C(C)C)S(=O)(=O)c1c(C)oc(C)c1CN. The van der Waals surface area contributed by atoms with Gasteiger partial charge in [0, 0.05) is 24.7 Å². The third kappa shape index (κ3) is 2.91. The molecule has 0 saturated heterocycles. The van der Waals surface area contributed by atoms with E-state index in [0.717, 1.165) is 0 Å². The molecule has 108 valence electrons. The van der Waals surface area contributed by atoms with Gasteiger partial charge in [-0.05, 0) is 27.7 Å². The van der Waals surface area contributed by atoms with Crippen LogP contribution in [-0.2, 0) is 16.6 Å². The van der Waals surface area contributed by atoms with Gasteiger partial charge in [-0.25, -0.2) is 8.42 Å². The molecule has 1 aromatic heterocycles. The Morgan fingerprint density at radius 1 is 1.37 bits per heavy atom. The van der Waals surface area contributed by atoms with Gasteiger partial charge in [-0.1, -0.05) is 6.08 Å². The van der Waals surface area contributed by atoms with Gasteiger partial charge < -0.3 is 10.2 Å². The molecule has 0 aliphatic rings. The van der Waals surface area contributed by atoms with E-state index in [-0.39, 0.29) is 24.0 Å². The zero-order valence-corrected chi connectivity index (χ0v) is 12.8. The highest BCUT2D eigenvalue weighted by molar-refractivity contribution is 7.89. The lowest BCUT2D eigenvalue weighted by molar-refractivity contribution is 0.381. The number of sulfonamides is 1. The molecule has 0 atom stereocenters. The lowest BCUT2D eigenvalue weighted by Crippen LogP contribution is -2.37. The Morgan fingerprint density at radius 3 is 2.37 bits per heavy atom. The molecule has 19 heavy (non-hydrogen) atoms. The van der Waals surface area contributed by atoms with Crippen LogP contribution in [0.3, 0.4) is 0 Å². The quantitative estimate of drug-likeness (QED) is 0.811. The first-order valence-corrected chi connectivity index (χ1v) is 7.63. The maximum absolute atomic E-state index is 12.7. The Labute approximate surface area is 115 Å². The predicted octanol–water partition coefficient (Wildman–Crippen LogP) is 1.94. The summed E-state index contributed by atoms with van der Waals surface area (Å²) in [5, 5.41) is 0. The van der Waals surface area contributed by atoms with E-state index in [9.17, 15) is 8.42 Å². The molecule has 1 aromatic rings. The molecule has 0 aliphatic carbocycles. The Hall–Kier alpha value is -1.11. The van der Waals surface area contributed by atoms with Crippen molar-refractivity contribution in [2.45, 2.75) is 45.2 Å². The highest BCUT2D eigenvalue weighted by Crippen LogP contribution is 2.29. The summed E-state index contributed by atoms with van der Waals surface area (Å²) in [6.07, 6.45) is 1.57. The molecule has 0 amide bonds. The van der Waals surface area contributed by atoms with E-state index in [1.807, 2.05) is 13.8 Å². The van der Waals surface area contributed by atoms with Gasteiger partial charge in [0.25, 0.3) is 0 Å². The van der Waals surface area contributed by atoms with Gasteiger partial charge in [0.2, 0.25) is 10.0 Å². The van der Waals surface area contributed by atoms with Crippen LogP contribution in [0.4, 0.5) is 0 Å². The lowest BCUT2D eigenvalue weighted by atomic mass is 10.2. The second-order valence-corrected chi connectivity index (χ2v) is 6.51. The fraction of sp³-hybridized carbons (Fsp3) is 0.538. The maximum atomic E-state index is 12.7. The molecule has 6 heteroatoms. The summed E-state index contributed by atoms with van der Waals surface area (Å²) in [5.74, 6) is 0.938. The van der Waals surface area contributed by atoms with E-state index in [1.54, 1.807) is 19.9 Å². The van der Waals surface area contributed by atoms with Crippen molar-refractivity contribution in [2.24, 2.45) is 5.73 Å². The standard InChI is InChI=1S/C13H22N2O3S/c1-6-7-15(9(2)3)19(16,17)13-11(5)18-10(4)12(13)8-14/h6,9H,1,7-8,14H2,2-5H3. The third-order valence-electron chi connectivity index (χ3n) is 2.98. The molecule has 1 rings (SSSR count). The summed E-state index contributed by atoms with van der Waals surface area (Å²) in [4.78, 5) is 0.197. The fourth-order valence-corrected chi connectivity index (χ4v) is 4.15. The minimum absolute atomic E-state index is 0.137. The van der Waals surface area contributed by atoms with Gasteiger partial charge in [0.15, 0.2) is 0 Å². The molecule has 0 aromatic carbocycles. The van der Waals surface area contributed by atoms with Crippen LogP contribution >= 0.6 is 0 Å². The summed E-state index contributed by atoms with van der Waals surface area (Å²) in [6.45, 7) is 11.0. The number of aryl methyl sites for hydroxylation is 2. The van der Waals surface area contributed by atoms with E-state index < -0.39 is 10.0 Å². The van der Waals surface area contributed by atoms with Gasteiger partial charge in [0.05, 0.1) is 0 Å². The number of rotatable bonds is 6. The highest BCUT2D eigenvalue weighted by atomic mass is 32.2. The van der Waals surface area contributed by atoms with Crippen LogP contribution in [0.1, 0.15) is 30.9 Å². The second-order valence-electron chi connectivity index (χ2n) is 4.68. The van der Waals surface area contributed by atoms with E-state index >= 15 is 0 Å². The molecule has 0 unspecified atom stereocenters. The van der Waals surface area contributed by atoms with Crippen LogP contribution in [-0.4, -0.2) is 25.3 Å². The molecule has 0 spiro atoms. The van der Waals surface area contributed by atoms with Gasteiger partial charge in [-0.2, -0.15) is 4.31 Å². The van der Waals surface area contributed by atoms with Crippen LogP contribution in [0.15, 0.2) is 22.0 Å². The zero-order chi connectivity index (χ0) is 14.8. The van der Waals surface area contributed by atoms with E-state index in [2.05, 4.69) is 6.58 Å². The summed E-state index contributed by atoms with van der Waals surface area (Å²) in [6, 6.07) is -0.164. The monoisotopic (exact) mass is 286 g/mol. The molecular formula is C13H22N2O3S. The molecule has 0 fully saturated rings. The number of hydrogen-bond donors (Lipinski definition) is 1. The van der Waals surface area contributed by atoms with Crippen LogP contribution in [0.5, 0.6) is 0 Å². The summed E-state index contributed by atoms with van der Waals surface area (Å²) in [5.41, 5.74) is 6.20. The van der Waals surface area contributed by atoms with Crippen LogP contribution in [0.25, 0.3) is 0 Å². The van der Waals surface area contributed by atoms with Crippen LogP contribution < -0.4 is 5.73 Å². The molecule has 2 N–H and O–H groups in total. The molecule has 0 radical (unpaired) electrons. The normalized spacial score (nSPS) is 12.4. The second kappa shape index (κ2) is 5.90. The largest absolute Gasteiger partial charge is 0.465 e. The maximum Gasteiger partial charge on any atom is 0.247 e. The minimum Gasteiger partial charge on any atom is -0.465 e. The fourth-order valence-electron chi connectivity index (χ4n) is 2.11. The van der Waals surface area contributed by atoms with Crippen molar-refractivity contribution in [2.75, 3.05) is 6.54 Å². The van der Waals surface area contributed by atoms with Gasteiger partial charge in [-0.3, -0.25) is 0 Å². The average molecular weight is 286 g/mol. The Balaban J connectivity index is 3.45. The van der Waals surface area contributed by atoms with E-state index in [4.69, 9.17) is 10.2 Å². The first kappa shape index (κ1) is 15.9. The molecule has 1 heterocycles. The van der Waals surface area contributed by atoms with Crippen LogP contribution in [0.2, 0.25) is 0 Å². The first-order valence-electron chi connectivity index (χ1n) is 6.19. The molecule has 0 bridgehead atoms. The zero-order valence-electron chi connectivity index (χ0n) is 11.9. The van der Waals surface area contributed by atoms with E-state index in [0.29, 0.717) is 17.1 Å². The molecule has 5 nitrogen and oxygen atoms in total. The van der Waals surface area contributed by atoms with Crippen LogP contribution in [0, 0.1) is 13.8 Å². The van der Waals surface area contributed by atoms with Crippen molar-refractivity contribution < 1.29 is 12.8 Å². The van der Waals surface area contributed by atoms with Gasteiger partial charge in [-0.15, -0.1) is 6.58 Å². The molecule has 0 aliphatic heterocycles. The topological polar surface area (TPSA) is 76.5 Å². The predicted molar refractivity (Wildman–Crippen MR) is 75.3 cm³/mol. The smallest absolute Gasteiger partial charge is 0.247 e. The van der Waals surface area contributed by atoms with Crippen molar-refractivity contribution >= 4 is 10.0 Å². The van der Waals surface area contributed by atoms with E-state index in [1.165, 1.54) is 4.31 Å². The Morgan fingerprint density at radius 2 is 1.95 bits per heavy atom. The number of hydrogen-bond acceptors (Lipinski definition) is 4. The van der Waals surface area contributed by atoms with Gasteiger partial charge >= 0.3 is 0 Å². The van der Waals surface area contributed by atoms with Crippen molar-refractivity contribution in [1.82, 2.24) is 4.31 Å². The van der Waals surface area contributed by atoms with Crippen molar-refractivity contribution in [1.29, 1.82) is 0 Å². The minimum atomic E-state index is -3.63. The summed E-state index contributed by atoms with van der Waals surface area (Å²) >= 11 is 0. The summed E-state index contributed by atoms with van der Waals surface area (Å²) < 4.78 is 32.3.